The number of Topliss-reactive ketones (excluding diaryl/α,β-unsaturated/α-hetero) is 1. The van der Waals surface area contributed by atoms with Gasteiger partial charge in [-0.25, -0.2) is 0 Å². The highest BCUT2D eigenvalue weighted by Crippen LogP contribution is 2.22. The van der Waals surface area contributed by atoms with Gasteiger partial charge in [-0.1, -0.05) is 29.3 Å². The van der Waals surface area contributed by atoms with Gasteiger partial charge in [0, 0.05) is 29.2 Å². The van der Waals surface area contributed by atoms with E-state index < -0.39 is 0 Å². The summed E-state index contributed by atoms with van der Waals surface area (Å²) in [6.45, 7) is 1.86. The fourth-order valence-electron chi connectivity index (χ4n) is 1.71. The molecule has 1 aromatic heterocycles. The molecule has 0 saturated carbocycles. The molecule has 0 aliphatic rings. The van der Waals surface area contributed by atoms with Gasteiger partial charge in [0.1, 0.15) is 0 Å². The fraction of sp³-hybridized carbons (Fsp3) is 0.231. The van der Waals surface area contributed by atoms with Crippen LogP contribution in [0.3, 0.4) is 0 Å². The second kappa shape index (κ2) is 5.12. The summed E-state index contributed by atoms with van der Waals surface area (Å²) in [4.78, 5) is 12.1. The molecular weight excluding hydrogens is 271 g/mol. The second-order valence-corrected chi connectivity index (χ2v) is 4.95. The minimum Gasteiger partial charge on any atom is -0.294 e. The Hall–Kier alpha value is -1.32. The van der Waals surface area contributed by atoms with Crippen LogP contribution in [0, 0.1) is 6.92 Å². The van der Waals surface area contributed by atoms with Crippen molar-refractivity contribution in [2.24, 2.45) is 7.05 Å². The maximum absolute atomic E-state index is 12.1. The summed E-state index contributed by atoms with van der Waals surface area (Å²) in [5, 5.41) is 5.13. The van der Waals surface area contributed by atoms with Gasteiger partial charge in [-0.15, -0.1) is 0 Å². The molecule has 2 rings (SSSR count). The van der Waals surface area contributed by atoms with Crippen molar-refractivity contribution < 1.29 is 4.79 Å². The second-order valence-electron chi connectivity index (χ2n) is 4.10. The van der Waals surface area contributed by atoms with E-state index in [4.69, 9.17) is 23.2 Å². The van der Waals surface area contributed by atoms with Crippen molar-refractivity contribution in [1.29, 1.82) is 0 Å². The summed E-state index contributed by atoms with van der Waals surface area (Å²) in [6, 6.07) is 5.14. The van der Waals surface area contributed by atoms with Crippen LogP contribution in [0.2, 0.25) is 10.0 Å². The summed E-state index contributed by atoms with van der Waals surface area (Å²) in [5.74, 6) is 0.00447. The Morgan fingerprint density at radius 3 is 2.67 bits per heavy atom. The number of halogens is 2. The minimum atomic E-state index is 0.00447. The number of aryl methyl sites for hydroxylation is 1. The molecule has 0 amide bonds. The molecule has 94 valence electrons. The van der Waals surface area contributed by atoms with Crippen LogP contribution >= 0.6 is 23.2 Å². The maximum atomic E-state index is 12.1. The monoisotopic (exact) mass is 282 g/mol. The summed E-state index contributed by atoms with van der Waals surface area (Å²) >= 11 is 11.9. The molecule has 0 aliphatic carbocycles. The first kappa shape index (κ1) is 13.1. The molecule has 18 heavy (non-hydrogen) atoms. The Balaban J connectivity index is 2.24. The molecule has 0 fully saturated rings. The number of carbonyl (C=O) groups is 1. The summed E-state index contributed by atoms with van der Waals surface area (Å²) in [6.07, 6.45) is 1.84. The van der Waals surface area contributed by atoms with Crippen molar-refractivity contribution in [2.45, 2.75) is 13.3 Å². The Kier molecular flexibility index (Phi) is 3.73. The molecule has 0 bridgehead atoms. The van der Waals surface area contributed by atoms with Crippen molar-refractivity contribution >= 4 is 29.0 Å². The third-order valence-corrected chi connectivity index (χ3v) is 3.49. The topological polar surface area (TPSA) is 34.9 Å². The highest BCUT2D eigenvalue weighted by Gasteiger charge is 2.14. The maximum Gasteiger partial charge on any atom is 0.170 e. The molecule has 0 atom stereocenters. The van der Waals surface area contributed by atoms with Crippen LogP contribution < -0.4 is 0 Å². The number of carbonyl (C=O) groups excluding carboxylic acids is 1. The normalized spacial score (nSPS) is 10.7. The van der Waals surface area contributed by atoms with Crippen LogP contribution in [0.25, 0.3) is 0 Å². The first-order chi connectivity index (χ1) is 8.49. The number of hydrogen-bond acceptors (Lipinski definition) is 2. The van der Waals surface area contributed by atoms with Crippen molar-refractivity contribution in [2.75, 3.05) is 0 Å². The predicted octanol–water partition coefficient (Wildman–Crippen LogP) is 3.46. The highest BCUT2D eigenvalue weighted by molar-refractivity contribution is 6.35. The van der Waals surface area contributed by atoms with E-state index in [-0.39, 0.29) is 12.2 Å². The van der Waals surface area contributed by atoms with E-state index in [1.165, 1.54) is 0 Å². The minimum absolute atomic E-state index is 0.00447. The van der Waals surface area contributed by atoms with Crippen molar-refractivity contribution in [3.05, 3.63) is 51.3 Å². The van der Waals surface area contributed by atoms with Crippen LogP contribution in [0.5, 0.6) is 0 Å². The molecule has 0 spiro atoms. The zero-order valence-electron chi connectivity index (χ0n) is 10.1. The van der Waals surface area contributed by atoms with E-state index in [2.05, 4.69) is 5.10 Å². The standard InChI is InChI=1S/C13H12Cl2N2O/c1-8-11(7-16-17(8)2)13(18)5-9-3-4-10(14)6-12(9)15/h3-4,6-7H,5H2,1-2H3. The Bertz CT molecular complexity index is 605. The van der Waals surface area contributed by atoms with Gasteiger partial charge in [0.2, 0.25) is 0 Å². The van der Waals surface area contributed by atoms with E-state index in [1.54, 1.807) is 36.1 Å². The van der Waals surface area contributed by atoms with Crippen LogP contribution in [0.15, 0.2) is 24.4 Å². The molecule has 0 radical (unpaired) electrons. The summed E-state index contributed by atoms with van der Waals surface area (Å²) in [5.41, 5.74) is 2.25. The van der Waals surface area contributed by atoms with Crippen LogP contribution in [0.4, 0.5) is 0 Å². The number of hydrogen-bond donors (Lipinski definition) is 0. The molecule has 3 nitrogen and oxygen atoms in total. The first-order valence-electron chi connectivity index (χ1n) is 5.44. The quantitative estimate of drug-likeness (QED) is 0.808. The molecule has 1 heterocycles. The SMILES string of the molecule is Cc1c(C(=O)Cc2ccc(Cl)cc2Cl)cnn1C. The number of aromatic nitrogens is 2. The zero-order valence-corrected chi connectivity index (χ0v) is 11.6. The molecule has 0 N–H and O–H groups in total. The van der Waals surface area contributed by atoms with Gasteiger partial charge in [-0.3, -0.25) is 9.48 Å². The Labute approximate surface area is 115 Å². The van der Waals surface area contributed by atoms with E-state index in [1.807, 2.05) is 6.92 Å². The Morgan fingerprint density at radius 1 is 1.39 bits per heavy atom. The van der Waals surface area contributed by atoms with Gasteiger partial charge in [-0.2, -0.15) is 5.10 Å². The third kappa shape index (κ3) is 2.57. The number of nitrogens with zero attached hydrogens (tertiary/aromatic N) is 2. The summed E-state index contributed by atoms with van der Waals surface area (Å²) in [7, 11) is 1.81. The van der Waals surface area contributed by atoms with E-state index >= 15 is 0 Å². The number of rotatable bonds is 3. The van der Waals surface area contributed by atoms with Gasteiger partial charge in [0.25, 0.3) is 0 Å². The van der Waals surface area contributed by atoms with Gasteiger partial charge < -0.3 is 0 Å². The summed E-state index contributed by atoms with van der Waals surface area (Å²) < 4.78 is 1.68. The van der Waals surface area contributed by atoms with Crippen LogP contribution in [-0.2, 0) is 13.5 Å². The lowest BCUT2D eigenvalue weighted by molar-refractivity contribution is 0.0992. The van der Waals surface area contributed by atoms with E-state index in [0.29, 0.717) is 15.6 Å². The lowest BCUT2D eigenvalue weighted by Crippen LogP contribution is -2.05. The molecule has 2 aromatic rings. The average Bonchev–Trinajstić information content (AvgIpc) is 2.64. The predicted molar refractivity (Wildman–Crippen MR) is 72.4 cm³/mol. The molecule has 0 aliphatic heterocycles. The van der Waals surface area contributed by atoms with Crippen molar-refractivity contribution in [3.8, 4) is 0 Å². The molecule has 0 saturated heterocycles. The van der Waals surface area contributed by atoms with Crippen LogP contribution in [0.1, 0.15) is 21.6 Å². The molecular formula is C13H12Cl2N2O. The average molecular weight is 283 g/mol. The van der Waals surface area contributed by atoms with E-state index in [0.717, 1.165) is 11.3 Å². The van der Waals surface area contributed by atoms with Gasteiger partial charge in [0.05, 0.1) is 11.8 Å². The van der Waals surface area contributed by atoms with E-state index in [9.17, 15) is 4.79 Å². The molecule has 1 aromatic carbocycles. The first-order valence-corrected chi connectivity index (χ1v) is 6.20. The van der Waals surface area contributed by atoms with Gasteiger partial charge in [-0.05, 0) is 24.6 Å². The zero-order chi connectivity index (χ0) is 13.3. The smallest absolute Gasteiger partial charge is 0.170 e. The highest BCUT2D eigenvalue weighted by atomic mass is 35.5. The lowest BCUT2D eigenvalue weighted by atomic mass is 10.0. The van der Waals surface area contributed by atoms with Gasteiger partial charge in [0.15, 0.2) is 5.78 Å². The van der Waals surface area contributed by atoms with Gasteiger partial charge >= 0.3 is 0 Å². The van der Waals surface area contributed by atoms with Crippen molar-refractivity contribution in [1.82, 2.24) is 9.78 Å². The fourth-order valence-corrected chi connectivity index (χ4v) is 2.18. The molecule has 0 unspecified atom stereocenters. The largest absolute Gasteiger partial charge is 0.294 e. The third-order valence-electron chi connectivity index (χ3n) is 2.90. The van der Waals surface area contributed by atoms with Crippen molar-refractivity contribution in [3.63, 3.8) is 0 Å². The lowest BCUT2D eigenvalue weighted by Gasteiger charge is -2.04. The Morgan fingerprint density at radius 2 is 2.11 bits per heavy atom. The number of benzene rings is 1. The number of ketones is 1. The molecule has 5 heteroatoms. The van der Waals surface area contributed by atoms with Crippen LogP contribution in [-0.4, -0.2) is 15.6 Å².